The van der Waals surface area contributed by atoms with Crippen molar-refractivity contribution in [2.24, 2.45) is 7.05 Å². The molecule has 2 heterocycles. The van der Waals surface area contributed by atoms with E-state index < -0.39 is 6.43 Å². The number of aryl methyl sites for hydroxylation is 1. The molecule has 0 radical (unpaired) electrons. The molecule has 1 atom stereocenters. The number of alkyl halides is 2. The highest BCUT2D eigenvalue weighted by Gasteiger charge is 2.25. The van der Waals surface area contributed by atoms with E-state index in [1.165, 1.54) is 4.68 Å². The Morgan fingerprint density at radius 1 is 1.64 bits per heavy atom. The number of nitrogens with zero attached hydrogens (tertiary/aromatic N) is 2. The molecular formula is C9H13F2N3. The molecule has 0 saturated carbocycles. The number of aromatic nitrogens is 2. The third-order valence-electron chi connectivity index (χ3n) is 2.59. The minimum Gasteiger partial charge on any atom is -0.316 e. The van der Waals surface area contributed by atoms with Crippen molar-refractivity contribution in [2.75, 3.05) is 13.1 Å². The minimum atomic E-state index is -2.47. The molecule has 1 unspecified atom stereocenters. The monoisotopic (exact) mass is 201 g/mol. The van der Waals surface area contributed by atoms with E-state index in [2.05, 4.69) is 10.4 Å². The zero-order valence-corrected chi connectivity index (χ0v) is 8.00. The van der Waals surface area contributed by atoms with Gasteiger partial charge in [0.2, 0.25) is 0 Å². The van der Waals surface area contributed by atoms with Gasteiger partial charge in [-0.2, -0.15) is 5.10 Å². The second-order valence-corrected chi connectivity index (χ2v) is 3.63. The lowest BCUT2D eigenvalue weighted by Gasteiger charge is -2.07. The van der Waals surface area contributed by atoms with Crippen LogP contribution in [0.3, 0.4) is 0 Å². The molecular weight excluding hydrogens is 188 g/mol. The van der Waals surface area contributed by atoms with Crippen molar-refractivity contribution in [2.45, 2.75) is 18.8 Å². The molecule has 2 rings (SSSR count). The minimum absolute atomic E-state index is 0.0544. The van der Waals surface area contributed by atoms with Gasteiger partial charge in [-0.3, -0.25) is 4.68 Å². The van der Waals surface area contributed by atoms with E-state index in [-0.39, 0.29) is 11.6 Å². The van der Waals surface area contributed by atoms with Crippen molar-refractivity contribution in [3.8, 4) is 0 Å². The molecule has 0 aliphatic carbocycles. The lowest BCUT2D eigenvalue weighted by molar-refractivity contribution is 0.143. The molecule has 78 valence electrons. The fourth-order valence-electron chi connectivity index (χ4n) is 1.93. The van der Waals surface area contributed by atoms with Crippen LogP contribution in [0, 0.1) is 0 Å². The number of hydrogen-bond acceptors (Lipinski definition) is 2. The predicted octanol–water partition coefficient (Wildman–Crippen LogP) is 1.43. The van der Waals surface area contributed by atoms with Gasteiger partial charge in [0.1, 0.15) is 5.69 Å². The molecule has 3 nitrogen and oxygen atoms in total. The summed E-state index contributed by atoms with van der Waals surface area (Å²) in [5, 5.41) is 6.96. The van der Waals surface area contributed by atoms with Gasteiger partial charge in [-0.05, 0) is 13.0 Å². The first-order valence-electron chi connectivity index (χ1n) is 4.71. The van der Waals surface area contributed by atoms with E-state index in [1.54, 1.807) is 13.2 Å². The van der Waals surface area contributed by atoms with E-state index in [0.717, 1.165) is 19.5 Å². The summed E-state index contributed by atoms with van der Waals surface area (Å²) in [6.45, 7) is 1.69. The average molecular weight is 201 g/mol. The second-order valence-electron chi connectivity index (χ2n) is 3.63. The quantitative estimate of drug-likeness (QED) is 0.784. The average Bonchev–Trinajstić information content (AvgIpc) is 2.70. The van der Waals surface area contributed by atoms with Gasteiger partial charge in [-0.25, -0.2) is 8.78 Å². The van der Waals surface area contributed by atoms with Gasteiger partial charge in [0.15, 0.2) is 0 Å². The summed E-state index contributed by atoms with van der Waals surface area (Å²) in [7, 11) is 1.68. The summed E-state index contributed by atoms with van der Waals surface area (Å²) in [6.07, 6.45) is 0.164. The first-order chi connectivity index (χ1) is 6.68. The topological polar surface area (TPSA) is 29.9 Å². The molecule has 0 spiro atoms. The van der Waals surface area contributed by atoms with E-state index >= 15 is 0 Å². The van der Waals surface area contributed by atoms with Crippen LogP contribution in [-0.2, 0) is 7.05 Å². The van der Waals surface area contributed by atoms with E-state index in [0.29, 0.717) is 5.56 Å². The molecule has 0 bridgehead atoms. The van der Waals surface area contributed by atoms with Crippen molar-refractivity contribution in [3.63, 3.8) is 0 Å². The largest absolute Gasteiger partial charge is 0.316 e. The highest BCUT2D eigenvalue weighted by atomic mass is 19.3. The highest BCUT2D eigenvalue weighted by Crippen LogP contribution is 2.30. The molecule has 0 amide bonds. The summed E-state index contributed by atoms with van der Waals surface area (Å²) in [5.74, 6) is 0.202. The van der Waals surface area contributed by atoms with Gasteiger partial charge in [-0.15, -0.1) is 0 Å². The van der Waals surface area contributed by atoms with E-state index in [1.807, 2.05) is 0 Å². The van der Waals surface area contributed by atoms with Crippen molar-refractivity contribution in [1.29, 1.82) is 0 Å². The Balaban J connectivity index is 2.30. The van der Waals surface area contributed by atoms with Crippen LogP contribution >= 0.6 is 0 Å². The van der Waals surface area contributed by atoms with Crippen LogP contribution in [0.1, 0.15) is 30.0 Å². The molecule has 1 aliphatic heterocycles. The zero-order valence-electron chi connectivity index (χ0n) is 8.00. The normalized spacial score (nSPS) is 22.1. The summed E-state index contributed by atoms with van der Waals surface area (Å²) >= 11 is 0. The van der Waals surface area contributed by atoms with Gasteiger partial charge < -0.3 is 5.32 Å². The van der Waals surface area contributed by atoms with Crippen LogP contribution in [0.4, 0.5) is 8.78 Å². The maximum atomic E-state index is 12.6. The number of halogens is 2. The Hall–Kier alpha value is -0.970. The maximum Gasteiger partial charge on any atom is 0.282 e. The molecule has 1 aromatic heterocycles. The molecule has 1 N–H and O–H groups in total. The van der Waals surface area contributed by atoms with E-state index in [4.69, 9.17) is 0 Å². The number of rotatable bonds is 2. The lowest BCUT2D eigenvalue weighted by Crippen LogP contribution is -2.08. The first-order valence-corrected chi connectivity index (χ1v) is 4.71. The van der Waals surface area contributed by atoms with E-state index in [9.17, 15) is 8.78 Å². The van der Waals surface area contributed by atoms with Gasteiger partial charge in [0, 0.05) is 31.3 Å². The van der Waals surface area contributed by atoms with Crippen LogP contribution in [0.15, 0.2) is 6.20 Å². The molecule has 1 fully saturated rings. The smallest absolute Gasteiger partial charge is 0.282 e. The van der Waals surface area contributed by atoms with Crippen LogP contribution in [0.5, 0.6) is 0 Å². The third kappa shape index (κ3) is 1.64. The molecule has 1 saturated heterocycles. The summed E-state index contributed by atoms with van der Waals surface area (Å²) in [5.41, 5.74) is 0.647. The van der Waals surface area contributed by atoms with Crippen molar-refractivity contribution < 1.29 is 8.78 Å². The number of hydrogen-bond donors (Lipinski definition) is 1. The summed E-state index contributed by atoms with van der Waals surface area (Å²) in [4.78, 5) is 0. The maximum absolute atomic E-state index is 12.6. The third-order valence-corrected chi connectivity index (χ3v) is 2.59. The Morgan fingerprint density at radius 3 is 3.00 bits per heavy atom. The van der Waals surface area contributed by atoms with Crippen molar-refractivity contribution >= 4 is 0 Å². The first kappa shape index (κ1) is 9.58. The zero-order chi connectivity index (χ0) is 10.1. The number of nitrogens with one attached hydrogen (secondary N) is 1. The van der Waals surface area contributed by atoms with Gasteiger partial charge in [-0.1, -0.05) is 0 Å². The van der Waals surface area contributed by atoms with Crippen LogP contribution in [-0.4, -0.2) is 22.9 Å². The predicted molar refractivity (Wildman–Crippen MR) is 48.4 cm³/mol. The molecule has 14 heavy (non-hydrogen) atoms. The Bertz CT molecular complexity index is 316. The molecule has 1 aliphatic rings. The molecule has 0 aromatic carbocycles. The van der Waals surface area contributed by atoms with Crippen molar-refractivity contribution in [1.82, 2.24) is 15.1 Å². The fraction of sp³-hybridized carbons (Fsp3) is 0.667. The highest BCUT2D eigenvalue weighted by molar-refractivity contribution is 5.24. The second kappa shape index (κ2) is 3.65. The summed E-state index contributed by atoms with van der Waals surface area (Å²) in [6, 6.07) is 0. The Kier molecular flexibility index (Phi) is 2.50. The van der Waals surface area contributed by atoms with Crippen LogP contribution in [0.2, 0.25) is 0 Å². The summed E-state index contributed by atoms with van der Waals surface area (Å²) < 4.78 is 26.7. The van der Waals surface area contributed by atoms with Crippen LogP contribution in [0.25, 0.3) is 0 Å². The van der Waals surface area contributed by atoms with Gasteiger partial charge in [0.05, 0.1) is 0 Å². The Labute approximate surface area is 81.1 Å². The Morgan fingerprint density at radius 2 is 2.43 bits per heavy atom. The fourth-order valence-corrected chi connectivity index (χ4v) is 1.93. The van der Waals surface area contributed by atoms with Gasteiger partial charge in [0.25, 0.3) is 6.43 Å². The SMILES string of the molecule is Cn1cc(C2CCNC2)c(C(F)F)n1. The van der Waals surface area contributed by atoms with Crippen LogP contribution < -0.4 is 5.32 Å². The molecule has 5 heteroatoms. The van der Waals surface area contributed by atoms with Gasteiger partial charge >= 0.3 is 0 Å². The van der Waals surface area contributed by atoms with Crippen molar-refractivity contribution in [3.05, 3.63) is 17.5 Å². The lowest BCUT2D eigenvalue weighted by atomic mass is 9.99. The standard InChI is InChI=1S/C9H13F2N3/c1-14-5-7(6-2-3-12-4-6)8(13-14)9(10)11/h5-6,9,12H,2-4H2,1H3. The molecule has 1 aromatic rings.